The Labute approximate surface area is 317 Å². The normalized spacial score (nSPS) is 11.9. The van der Waals surface area contributed by atoms with Crippen molar-refractivity contribution < 1.29 is 28.6 Å². The van der Waals surface area contributed by atoms with Crippen LogP contribution in [-0.2, 0) is 28.6 Å². The van der Waals surface area contributed by atoms with Crippen molar-refractivity contribution in [3.63, 3.8) is 0 Å². The largest absolute Gasteiger partial charge is 0.462 e. The molecule has 6 heteroatoms. The van der Waals surface area contributed by atoms with Crippen molar-refractivity contribution in [3.8, 4) is 0 Å². The van der Waals surface area contributed by atoms with Gasteiger partial charge in [-0.05, 0) is 25.2 Å². The number of hydrogen-bond acceptors (Lipinski definition) is 6. The molecule has 0 spiro atoms. The third kappa shape index (κ3) is 39.5. The Morgan fingerprint density at radius 1 is 0.373 bits per heavy atom. The minimum atomic E-state index is -0.757. The molecule has 0 N–H and O–H groups in total. The van der Waals surface area contributed by atoms with E-state index in [1.807, 2.05) is 0 Å². The van der Waals surface area contributed by atoms with Gasteiger partial charge in [-0.25, -0.2) is 0 Å². The minimum absolute atomic E-state index is 0.0643. The second-order valence-corrected chi connectivity index (χ2v) is 15.8. The quantitative estimate of drug-likeness (QED) is 0.0356. The van der Waals surface area contributed by atoms with Crippen LogP contribution in [0.4, 0.5) is 0 Å². The van der Waals surface area contributed by atoms with Gasteiger partial charge < -0.3 is 14.2 Å². The van der Waals surface area contributed by atoms with E-state index in [2.05, 4.69) is 27.7 Å². The number of carbonyl (C=O) groups is 3. The Kier molecular flexibility index (Phi) is 38.4. The lowest BCUT2D eigenvalue weighted by Crippen LogP contribution is -2.30. The van der Waals surface area contributed by atoms with Gasteiger partial charge in [0.25, 0.3) is 0 Å². The second-order valence-electron chi connectivity index (χ2n) is 15.8. The fourth-order valence-corrected chi connectivity index (χ4v) is 6.63. The Bertz CT molecular complexity index is 766. The molecular weight excluding hydrogens is 636 g/mol. The predicted molar refractivity (Wildman–Crippen MR) is 215 cm³/mol. The third-order valence-corrected chi connectivity index (χ3v) is 10.0. The molecule has 1 atom stereocenters. The molecule has 51 heavy (non-hydrogen) atoms. The number of unbranched alkanes of at least 4 members (excludes halogenated alkanes) is 27. The summed E-state index contributed by atoms with van der Waals surface area (Å²) in [5.74, 6) is -0.0346. The van der Waals surface area contributed by atoms with E-state index in [1.54, 1.807) is 0 Å². The van der Waals surface area contributed by atoms with Gasteiger partial charge in [0.1, 0.15) is 13.2 Å². The molecule has 0 rings (SSSR count). The SMILES string of the molecule is CCCCCCCCCCCCCCC(=O)O[C@H](COC(=O)CCCCCCCCC)COC(=O)CCCCCCCCCCCCCC(C)C. The lowest BCUT2D eigenvalue weighted by Gasteiger charge is -2.18. The molecule has 0 aliphatic carbocycles. The van der Waals surface area contributed by atoms with Crippen LogP contribution in [0.5, 0.6) is 0 Å². The molecule has 302 valence electrons. The van der Waals surface area contributed by atoms with E-state index >= 15 is 0 Å². The fourth-order valence-electron chi connectivity index (χ4n) is 6.63. The van der Waals surface area contributed by atoms with Gasteiger partial charge in [0.15, 0.2) is 6.10 Å². The molecule has 0 unspecified atom stereocenters. The van der Waals surface area contributed by atoms with Crippen molar-refractivity contribution in [1.82, 2.24) is 0 Å². The predicted octanol–water partition coefficient (Wildman–Crippen LogP) is 13.9. The van der Waals surface area contributed by atoms with Crippen LogP contribution in [0.1, 0.15) is 246 Å². The monoisotopic (exact) mass is 723 g/mol. The number of rotatable bonds is 40. The summed E-state index contributed by atoms with van der Waals surface area (Å²) in [5, 5.41) is 0. The summed E-state index contributed by atoms with van der Waals surface area (Å²) in [6.45, 7) is 8.95. The first kappa shape index (κ1) is 49.4. The van der Waals surface area contributed by atoms with Crippen LogP contribution in [0.3, 0.4) is 0 Å². The van der Waals surface area contributed by atoms with E-state index in [0.29, 0.717) is 19.3 Å². The lowest BCUT2D eigenvalue weighted by molar-refractivity contribution is -0.167. The van der Waals surface area contributed by atoms with Crippen LogP contribution in [-0.4, -0.2) is 37.2 Å². The molecule has 0 saturated heterocycles. The second kappa shape index (κ2) is 39.6. The fraction of sp³-hybridized carbons (Fsp3) is 0.933. The van der Waals surface area contributed by atoms with Gasteiger partial charge in [0.2, 0.25) is 0 Å². The van der Waals surface area contributed by atoms with Crippen molar-refractivity contribution in [2.75, 3.05) is 13.2 Å². The smallest absolute Gasteiger partial charge is 0.306 e. The zero-order valence-corrected chi connectivity index (χ0v) is 34.6. The highest BCUT2D eigenvalue weighted by Gasteiger charge is 2.19. The zero-order valence-electron chi connectivity index (χ0n) is 34.6. The molecule has 0 aliphatic rings. The molecule has 6 nitrogen and oxygen atoms in total. The highest BCUT2D eigenvalue weighted by Crippen LogP contribution is 2.16. The molecule has 0 saturated carbocycles. The van der Waals surface area contributed by atoms with Gasteiger partial charge in [-0.2, -0.15) is 0 Å². The maximum absolute atomic E-state index is 12.7. The molecule has 0 aromatic heterocycles. The Morgan fingerprint density at radius 2 is 0.647 bits per heavy atom. The molecule has 0 aliphatic heterocycles. The van der Waals surface area contributed by atoms with E-state index in [-0.39, 0.29) is 31.1 Å². The van der Waals surface area contributed by atoms with E-state index in [0.717, 1.165) is 63.7 Å². The Balaban J connectivity index is 4.27. The van der Waals surface area contributed by atoms with E-state index in [1.165, 1.54) is 141 Å². The maximum atomic E-state index is 12.7. The average molecular weight is 723 g/mol. The summed E-state index contributed by atoms with van der Waals surface area (Å²) in [6.07, 6.45) is 38.1. The van der Waals surface area contributed by atoms with Crippen molar-refractivity contribution in [2.45, 2.75) is 252 Å². The summed E-state index contributed by atoms with van der Waals surface area (Å²) in [4.78, 5) is 37.5. The molecule has 0 aromatic carbocycles. The molecule has 0 radical (unpaired) electrons. The van der Waals surface area contributed by atoms with Gasteiger partial charge >= 0.3 is 17.9 Å². The summed E-state index contributed by atoms with van der Waals surface area (Å²) in [6, 6.07) is 0. The molecule has 0 aromatic rings. The molecule has 0 amide bonds. The zero-order chi connectivity index (χ0) is 37.5. The Morgan fingerprint density at radius 3 is 0.961 bits per heavy atom. The van der Waals surface area contributed by atoms with Crippen LogP contribution in [0, 0.1) is 5.92 Å². The number of ether oxygens (including phenoxy) is 3. The highest BCUT2D eigenvalue weighted by atomic mass is 16.6. The van der Waals surface area contributed by atoms with E-state index < -0.39 is 6.10 Å². The molecule has 0 fully saturated rings. The average Bonchev–Trinajstić information content (AvgIpc) is 3.11. The number of hydrogen-bond donors (Lipinski definition) is 0. The maximum Gasteiger partial charge on any atom is 0.306 e. The van der Waals surface area contributed by atoms with Gasteiger partial charge in [0, 0.05) is 19.3 Å². The van der Waals surface area contributed by atoms with Crippen LogP contribution < -0.4 is 0 Å². The summed E-state index contributed by atoms with van der Waals surface area (Å²) in [5.41, 5.74) is 0. The highest BCUT2D eigenvalue weighted by molar-refractivity contribution is 5.71. The van der Waals surface area contributed by atoms with Crippen LogP contribution in [0.25, 0.3) is 0 Å². The summed E-state index contributed by atoms with van der Waals surface area (Å²) in [7, 11) is 0. The van der Waals surface area contributed by atoms with E-state index in [9.17, 15) is 14.4 Å². The first-order chi connectivity index (χ1) is 24.9. The Hall–Kier alpha value is -1.59. The van der Waals surface area contributed by atoms with Crippen molar-refractivity contribution in [2.24, 2.45) is 5.92 Å². The molecule has 0 bridgehead atoms. The van der Waals surface area contributed by atoms with Crippen LogP contribution >= 0.6 is 0 Å². The summed E-state index contributed by atoms with van der Waals surface area (Å²) < 4.78 is 16.6. The van der Waals surface area contributed by atoms with Crippen LogP contribution in [0.15, 0.2) is 0 Å². The van der Waals surface area contributed by atoms with Crippen molar-refractivity contribution in [3.05, 3.63) is 0 Å². The van der Waals surface area contributed by atoms with Crippen LogP contribution in [0.2, 0.25) is 0 Å². The number of carbonyl (C=O) groups excluding carboxylic acids is 3. The third-order valence-electron chi connectivity index (χ3n) is 10.0. The van der Waals surface area contributed by atoms with Gasteiger partial charge in [-0.15, -0.1) is 0 Å². The standard InChI is InChI=1S/C45H86O6/c1-5-7-9-11-13-14-15-18-22-26-30-34-38-45(48)51-42(39-49-43(46)36-32-28-23-12-10-8-6-2)40-50-44(47)37-33-29-25-21-19-16-17-20-24-27-31-35-41(3)4/h41-42H,5-40H2,1-4H3/t42-/m1/s1. The van der Waals surface area contributed by atoms with Crippen molar-refractivity contribution >= 4 is 17.9 Å². The lowest BCUT2D eigenvalue weighted by atomic mass is 10.0. The topological polar surface area (TPSA) is 78.9 Å². The van der Waals surface area contributed by atoms with E-state index in [4.69, 9.17) is 14.2 Å². The summed E-state index contributed by atoms with van der Waals surface area (Å²) >= 11 is 0. The van der Waals surface area contributed by atoms with Gasteiger partial charge in [0.05, 0.1) is 0 Å². The molecule has 0 heterocycles. The van der Waals surface area contributed by atoms with Crippen molar-refractivity contribution in [1.29, 1.82) is 0 Å². The number of esters is 3. The first-order valence-corrected chi connectivity index (χ1v) is 22.4. The van der Waals surface area contributed by atoms with Gasteiger partial charge in [-0.3, -0.25) is 14.4 Å². The minimum Gasteiger partial charge on any atom is -0.462 e. The molecular formula is C45H86O6. The van der Waals surface area contributed by atoms with Gasteiger partial charge in [-0.1, -0.05) is 207 Å². The first-order valence-electron chi connectivity index (χ1n) is 22.4.